The molecule has 2 atom stereocenters. The van der Waals surface area contributed by atoms with E-state index in [0.29, 0.717) is 16.9 Å². The van der Waals surface area contributed by atoms with Crippen LogP contribution in [0.5, 0.6) is 11.5 Å². The van der Waals surface area contributed by atoms with Crippen LogP contribution in [0.1, 0.15) is 31.0 Å². The molecule has 1 aromatic rings. The second-order valence-corrected chi connectivity index (χ2v) is 6.78. The van der Waals surface area contributed by atoms with Gasteiger partial charge in [0.15, 0.2) is 18.0 Å². The summed E-state index contributed by atoms with van der Waals surface area (Å²) < 4.78 is 16.5. The van der Waals surface area contributed by atoms with E-state index in [1.807, 2.05) is 0 Å². The van der Waals surface area contributed by atoms with Crippen molar-refractivity contribution in [3.8, 4) is 11.5 Å². The van der Waals surface area contributed by atoms with Crippen molar-refractivity contribution in [1.29, 1.82) is 0 Å². The number of methoxy groups -OCH3 is 3. The molecule has 5 nitrogen and oxygen atoms in total. The number of hydrogen-bond donors (Lipinski definition) is 0. The number of rotatable bonds is 5. The Morgan fingerprint density at radius 2 is 1.83 bits per heavy atom. The Labute approximate surface area is 138 Å². The maximum absolute atomic E-state index is 11.9. The molecule has 0 spiro atoms. The molecule has 0 radical (unpaired) electrons. The van der Waals surface area contributed by atoms with Crippen LogP contribution < -0.4 is 9.47 Å². The quantitative estimate of drug-likeness (QED) is 0.617. The van der Waals surface area contributed by atoms with Crippen LogP contribution in [0, 0.1) is 5.92 Å². The van der Waals surface area contributed by atoms with Gasteiger partial charge in [0.05, 0.1) is 34.9 Å². The molecule has 0 bridgehead atoms. The first kappa shape index (κ1) is 17.6. The normalized spacial score (nSPS) is 23.3. The van der Waals surface area contributed by atoms with Gasteiger partial charge in [-0.3, -0.25) is 0 Å². The molecule has 1 aromatic carbocycles. The molecule has 1 aliphatic rings. The van der Waals surface area contributed by atoms with Gasteiger partial charge < -0.3 is 18.7 Å². The van der Waals surface area contributed by atoms with Gasteiger partial charge in [-0.1, -0.05) is 13.8 Å². The van der Waals surface area contributed by atoms with E-state index < -0.39 is 0 Å². The fourth-order valence-electron chi connectivity index (χ4n) is 3.90. The minimum atomic E-state index is -0.165. The molecule has 0 saturated carbocycles. The van der Waals surface area contributed by atoms with Gasteiger partial charge in [0, 0.05) is 17.9 Å². The van der Waals surface area contributed by atoms with Crippen molar-refractivity contribution in [2.45, 2.75) is 26.3 Å². The van der Waals surface area contributed by atoms with Crippen LogP contribution in [0.4, 0.5) is 0 Å². The van der Waals surface area contributed by atoms with E-state index in [1.54, 1.807) is 14.2 Å². The second-order valence-electron chi connectivity index (χ2n) is 6.78. The van der Waals surface area contributed by atoms with Gasteiger partial charge in [-0.25, -0.2) is 4.79 Å². The summed E-state index contributed by atoms with van der Waals surface area (Å²) >= 11 is 0. The molecule has 0 N–H and O–H groups in total. The summed E-state index contributed by atoms with van der Waals surface area (Å²) in [6.07, 6.45) is 0.909. The Morgan fingerprint density at radius 3 is 2.35 bits per heavy atom. The lowest BCUT2D eigenvalue weighted by atomic mass is 9.84. The largest absolute Gasteiger partial charge is 0.493 e. The third-order valence-electron chi connectivity index (χ3n) is 4.88. The van der Waals surface area contributed by atoms with Gasteiger partial charge >= 0.3 is 5.97 Å². The van der Waals surface area contributed by atoms with Gasteiger partial charge in [-0.05, 0) is 17.7 Å². The van der Waals surface area contributed by atoms with Crippen LogP contribution in [0.25, 0.3) is 0 Å². The summed E-state index contributed by atoms with van der Waals surface area (Å²) in [6, 6.07) is 4.37. The third-order valence-corrected chi connectivity index (χ3v) is 4.88. The molecule has 1 heterocycles. The molecule has 2 rings (SSSR count). The van der Waals surface area contributed by atoms with Crippen LogP contribution >= 0.6 is 0 Å². The zero-order valence-electron chi connectivity index (χ0n) is 15.0. The lowest BCUT2D eigenvalue weighted by Crippen LogP contribution is -2.55. The second kappa shape index (κ2) is 6.79. The zero-order chi connectivity index (χ0) is 17.2. The highest BCUT2D eigenvalue weighted by molar-refractivity contribution is 5.70. The van der Waals surface area contributed by atoms with Crippen molar-refractivity contribution in [2.75, 3.05) is 41.5 Å². The van der Waals surface area contributed by atoms with Gasteiger partial charge in [0.1, 0.15) is 6.04 Å². The molecular weight excluding hydrogens is 294 g/mol. The van der Waals surface area contributed by atoms with Gasteiger partial charge in [0.2, 0.25) is 0 Å². The zero-order valence-corrected chi connectivity index (χ0v) is 15.0. The van der Waals surface area contributed by atoms with Crippen molar-refractivity contribution in [1.82, 2.24) is 0 Å². The van der Waals surface area contributed by atoms with Crippen LogP contribution in [0.15, 0.2) is 12.1 Å². The van der Waals surface area contributed by atoms with Crippen molar-refractivity contribution >= 4 is 5.97 Å². The van der Waals surface area contributed by atoms with E-state index in [2.05, 4.69) is 33.0 Å². The van der Waals surface area contributed by atoms with Crippen molar-refractivity contribution in [3.63, 3.8) is 0 Å². The van der Waals surface area contributed by atoms with E-state index in [-0.39, 0.29) is 12.0 Å². The monoisotopic (exact) mass is 322 g/mol. The number of carbonyl (C=O) groups is 1. The van der Waals surface area contributed by atoms with E-state index in [1.165, 1.54) is 18.2 Å². The molecule has 1 aliphatic heterocycles. The van der Waals surface area contributed by atoms with Crippen LogP contribution in [0.3, 0.4) is 0 Å². The van der Waals surface area contributed by atoms with Crippen LogP contribution in [0.2, 0.25) is 0 Å². The maximum atomic E-state index is 11.9. The first-order valence-corrected chi connectivity index (χ1v) is 8.02. The topological polar surface area (TPSA) is 44.8 Å². The summed E-state index contributed by atoms with van der Waals surface area (Å²) in [5.74, 6) is 1.73. The van der Waals surface area contributed by atoms with Gasteiger partial charge in [0.25, 0.3) is 0 Å². The molecular formula is C18H28NO4+. The minimum Gasteiger partial charge on any atom is -0.493 e. The number of nitrogens with zero attached hydrogens (tertiary/aromatic N) is 1. The number of hydrogen-bond acceptors (Lipinski definition) is 4. The van der Waals surface area contributed by atoms with Crippen molar-refractivity contribution < 1.29 is 23.5 Å². The number of carbonyl (C=O) groups excluding carboxylic acids is 1. The predicted molar refractivity (Wildman–Crippen MR) is 88.8 cm³/mol. The third kappa shape index (κ3) is 3.29. The minimum absolute atomic E-state index is 0.165. The highest BCUT2D eigenvalue weighted by Gasteiger charge is 2.43. The van der Waals surface area contributed by atoms with E-state index in [4.69, 9.17) is 14.2 Å². The van der Waals surface area contributed by atoms with Crippen molar-refractivity contribution in [2.24, 2.45) is 5.92 Å². The molecule has 5 heteroatoms. The smallest absolute Gasteiger partial charge is 0.361 e. The molecule has 0 aliphatic carbocycles. The standard InChI is InChI=1S/C18H28NO4/c1-12(2)18-14-10-16(22-5)15(21-4)9-13(14)7-8-19(18,3)11-17(20)23-6/h9-10,12,18H,7-8,11H2,1-6H3/q+1/t18-,19?/m1/s1. The molecule has 0 fully saturated rings. The number of esters is 1. The molecule has 0 saturated heterocycles. The Morgan fingerprint density at radius 1 is 1.22 bits per heavy atom. The Bertz CT molecular complexity index is 585. The van der Waals surface area contributed by atoms with E-state index in [0.717, 1.165) is 24.5 Å². The number of likely N-dealkylation sites (N-methyl/N-ethyl adjacent to an activating group) is 1. The molecule has 23 heavy (non-hydrogen) atoms. The molecule has 128 valence electrons. The molecule has 0 amide bonds. The lowest BCUT2D eigenvalue weighted by Gasteiger charge is -2.46. The Balaban J connectivity index is 2.51. The fourth-order valence-corrected chi connectivity index (χ4v) is 3.90. The van der Waals surface area contributed by atoms with E-state index in [9.17, 15) is 4.79 Å². The summed E-state index contributed by atoms with van der Waals surface area (Å²) in [5, 5.41) is 0. The fraction of sp³-hybridized carbons (Fsp3) is 0.611. The average Bonchev–Trinajstić information content (AvgIpc) is 2.52. The number of fused-ring (bicyclic) bond motifs is 1. The van der Waals surface area contributed by atoms with E-state index >= 15 is 0 Å². The highest BCUT2D eigenvalue weighted by Crippen LogP contribution is 2.43. The Kier molecular flexibility index (Phi) is 5.19. The lowest BCUT2D eigenvalue weighted by molar-refractivity contribution is -0.938. The summed E-state index contributed by atoms with van der Waals surface area (Å²) in [4.78, 5) is 11.9. The van der Waals surface area contributed by atoms with Crippen LogP contribution in [-0.4, -0.2) is 51.9 Å². The van der Waals surface area contributed by atoms with Gasteiger partial charge in [-0.15, -0.1) is 0 Å². The van der Waals surface area contributed by atoms with Gasteiger partial charge in [-0.2, -0.15) is 0 Å². The maximum Gasteiger partial charge on any atom is 0.361 e. The summed E-state index contributed by atoms with van der Waals surface area (Å²) in [5.41, 5.74) is 2.53. The van der Waals surface area contributed by atoms with Crippen molar-refractivity contribution in [3.05, 3.63) is 23.3 Å². The summed E-state index contributed by atoms with van der Waals surface area (Å²) in [7, 11) is 6.90. The number of ether oxygens (including phenoxy) is 3. The number of quaternary nitrogens is 1. The number of benzene rings is 1. The molecule has 0 aromatic heterocycles. The SMILES string of the molecule is COC(=O)C[N+]1(C)CCc2cc(OC)c(OC)cc2[C@H]1C(C)C. The molecule has 1 unspecified atom stereocenters. The average molecular weight is 322 g/mol. The predicted octanol–water partition coefficient (Wildman–Crippen LogP) is 2.58. The Hall–Kier alpha value is -1.75. The highest BCUT2D eigenvalue weighted by atomic mass is 16.5. The first-order chi connectivity index (χ1) is 10.9. The van der Waals surface area contributed by atoms with Crippen LogP contribution in [-0.2, 0) is 16.0 Å². The summed E-state index contributed by atoms with van der Waals surface area (Å²) in [6.45, 7) is 5.68. The first-order valence-electron chi connectivity index (χ1n) is 8.02.